The fourth-order valence-corrected chi connectivity index (χ4v) is 9.94. The minimum Gasteiger partial charge on any atom is -0.0581 e. The molecule has 0 heterocycles. The normalized spacial score (nSPS) is 15.6. The Morgan fingerprint density at radius 2 is 0.587 bits per heavy atom. The predicted octanol–water partition coefficient (Wildman–Crippen LogP) is 11.1. The SMILES string of the molecule is Cc1cc(C)cc(C2(c3cc(C)cc(C)c3)c3ccc4c5c(ccc(c35)C2(c2cc(C)cc(C)c2)c2cc(C)cc(C)c2)CC4)c1. The van der Waals surface area contributed by atoms with Gasteiger partial charge in [-0.1, -0.05) is 142 Å². The molecule has 6 aromatic rings. The maximum absolute atomic E-state index is 2.53. The van der Waals surface area contributed by atoms with Crippen molar-refractivity contribution < 1.29 is 0 Å². The van der Waals surface area contributed by atoms with Crippen LogP contribution in [0.25, 0.3) is 10.8 Å². The highest BCUT2D eigenvalue weighted by Gasteiger charge is 2.63. The average Bonchev–Trinajstić information content (AvgIpc) is 3.50. The van der Waals surface area contributed by atoms with Crippen molar-refractivity contribution in [2.75, 3.05) is 0 Å². The molecule has 0 nitrogen and oxygen atoms in total. The summed E-state index contributed by atoms with van der Waals surface area (Å²) in [6, 6.07) is 39.3. The molecule has 8 rings (SSSR count). The van der Waals surface area contributed by atoms with Crippen molar-refractivity contribution in [3.05, 3.63) is 186 Å². The highest BCUT2D eigenvalue weighted by Crippen LogP contribution is 2.67. The summed E-state index contributed by atoms with van der Waals surface area (Å²) in [5, 5.41) is 2.98. The van der Waals surface area contributed by atoms with Crippen molar-refractivity contribution in [1.29, 1.82) is 0 Å². The van der Waals surface area contributed by atoms with Gasteiger partial charge in [-0.2, -0.15) is 0 Å². The van der Waals surface area contributed by atoms with E-state index in [2.05, 4.69) is 152 Å². The van der Waals surface area contributed by atoms with Crippen molar-refractivity contribution in [3.8, 4) is 0 Å². The highest BCUT2D eigenvalue weighted by molar-refractivity contribution is 6.03. The quantitative estimate of drug-likeness (QED) is 0.190. The number of hydrogen-bond donors (Lipinski definition) is 0. The molecule has 6 aromatic carbocycles. The van der Waals surface area contributed by atoms with Gasteiger partial charge in [0.25, 0.3) is 0 Å². The van der Waals surface area contributed by atoms with E-state index >= 15 is 0 Å². The number of hydrogen-bond acceptors (Lipinski definition) is 0. The molecule has 0 amide bonds. The molecule has 0 heteroatoms. The van der Waals surface area contributed by atoms with E-state index in [1.807, 2.05) is 0 Å². The smallest absolute Gasteiger partial charge is 0.0581 e. The highest BCUT2D eigenvalue weighted by atomic mass is 14.6. The average molecular weight is 597 g/mol. The van der Waals surface area contributed by atoms with Crippen molar-refractivity contribution in [1.82, 2.24) is 0 Å². The Balaban J connectivity index is 1.74. The topological polar surface area (TPSA) is 0 Å². The second kappa shape index (κ2) is 10.0. The molecule has 0 bridgehead atoms. The van der Waals surface area contributed by atoms with Gasteiger partial charge in [-0.3, -0.25) is 0 Å². The maximum Gasteiger partial charge on any atom is 0.0636 e. The van der Waals surface area contributed by atoms with E-state index < -0.39 is 10.8 Å². The molecule has 0 atom stereocenters. The van der Waals surface area contributed by atoms with E-state index in [1.54, 1.807) is 0 Å². The number of rotatable bonds is 4. The van der Waals surface area contributed by atoms with Crippen molar-refractivity contribution in [2.45, 2.75) is 79.1 Å². The van der Waals surface area contributed by atoms with Crippen LogP contribution in [0.5, 0.6) is 0 Å². The Hall–Kier alpha value is -4.42. The zero-order chi connectivity index (χ0) is 32.1. The Morgan fingerprint density at radius 3 is 0.848 bits per heavy atom. The summed E-state index contributed by atoms with van der Waals surface area (Å²) < 4.78 is 0. The van der Waals surface area contributed by atoms with Gasteiger partial charge in [0.05, 0.1) is 10.8 Å². The zero-order valence-corrected chi connectivity index (χ0v) is 28.7. The fourth-order valence-electron chi connectivity index (χ4n) is 9.94. The molecule has 0 N–H and O–H groups in total. The van der Waals surface area contributed by atoms with Gasteiger partial charge < -0.3 is 0 Å². The van der Waals surface area contributed by atoms with Gasteiger partial charge in [-0.05, 0) is 124 Å². The molecule has 0 unspecified atom stereocenters. The van der Waals surface area contributed by atoms with Crippen LogP contribution >= 0.6 is 0 Å². The molecular formula is C46H44. The Morgan fingerprint density at radius 1 is 0.326 bits per heavy atom. The van der Waals surface area contributed by atoms with Gasteiger partial charge in [-0.15, -0.1) is 0 Å². The lowest BCUT2D eigenvalue weighted by Crippen LogP contribution is -2.50. The van der Waals surface area contributed by atoms with Gasteiger partial charge in [0.15, 0.2) is 0 Å². The lowest BCUT2D eigenvalue weighted by Gasteiger charge is -2.50. The standard InChI is InChI=1S/C46H44/c1-27-15-28(2)20-37(19-27)45(38-21-29(3)16-30(4)22-38)41-13-11-35-9-10-36-12-14-42(44(41)43(35)36)46(45,39-23-31(5)17-32(6)24-39)40-25-33(7)18-34(8)26-40/h11-26H,9-10H2,1-8H3. The zero-order valence-electron chi connectivity index (χ0n) is 28.7. The predicted molar refractivity (Wildman–Crippen MR) is 195 cm³/mol. The molecule has 0 fully saturated rings. The van der Waals surface area contributed by atoms with Crippen molar-refractivity contribution >= 4 is 10.8 Å². The van der Waals surface area contributed by atoms with E-state index in [0.717, 1.165) is 12.8 Å². The van der Waals surface area contributed by atoms with Crippen LogP contribution < -0.4 is 0 Å². The second-order valence-electron chi connectivity index (χ2n) is 14.8. The van der Waals surface area contributed by atoms with Crippen molar-refractivity contribution in [2.24, 2.45) is 0 Å². The van der Waals surface area contributed by atoms with Crippen LogP contribution in [0.15, 0.2) is 97.1 Å². The van der Waals surface area contributed by atoms with Gasteiger partial charge in [-0.25, -0.2) is 0 Å². The van der Waals surface area contributed by atoms with Crippen LogP contribution in [-0.2, 0) is 23.7 Å². The first-order valence-corrected chi connectivity index (χ1v) is 17.0. The Kier molecular flexibility index (Phi) is 6.33. The van der Waals surface area contributed by atoms with Crippen LogP contribution in [-0.4, -0.2) is 0 Å². The van der Waals surface area contributed by atoms with E-state index in [9.17, 15) is 0 Å². The molecule has 0 saturated carbocycles. The molecule has 0 spiro atoms. The van der Waals surface area contributed by atoms with E-state index in [1.165, 1.54) is 99.8 Å². The van der Waals surface area contributed by atoms with Crippen molar-refractivity contribution in [3.63, 3.8) is 0 Å². The van der Waals surface area contributed by atoms with Crippen LogP contribution in [0.2, 0.25) is 0 Å². The van der Waals surface area contributed by atoms with Gasteiger partial charge in [0, 0.05) is 0 Å². The Labute approximate surface area is 275 Å². The van der Waals surface area contributed by atoms with Crippen LogP contribution in [0, 0.1) is 55.4 Å². The Bertz CT molecular complexity index is 1900. The molecule has 0 radical (unpaired) electrons. The maximum atomic E-state index is 2.53. The molecule has 46 heavy (non-hydrogen) atoms. The third kappa shape index (κ3) is 3.86. The summed E-state index contributed by atoms with van der Waals surface area (Å²) in [5.74, 6) is 0. The first-order valence-electron chi connectivity index (χ1n) is 17.0. The second-order valence-corrected chi connectivity index (χ2v) is 14.8. The monoisotopic (exact) mass is 596 g/mol. The summed E-state index contributed by atoms with van der Waals surface area (Å²) >= 11 is 0. The third-order valence-electron chi connectivity index (χ3n) is 11.0. The lowest BCUT2D eigenvalue weighted by molar-refractivity contribution is 0.440. The summed E-state index contributed by atoms with van der Waals surface area (Å²) in [5.41, 5.74) is 20.8. The molecule has 2 aliphatic rings. The molecule has 0 saturated heterocycles. The number of aryl methyl sites for hydroxylation is 10. The van der Waals surface area contributed by atoms with E-state index in [4.69, 9.17) is 0 Å². The van der Waals surface area contributed by atoms with Gasteiger partial charge in [0.1, 0.15) is 0 Å². The lowest BCUT2D eigenvalue weighted by atomic mass is 9.50. The van der Waals surface area contributed by atoms with Gasteiger partial charge >= 0.3 is 0 Å². The summed E-state index contributed by atoms with van der Waals surface area (Å²) in [7, 11) is 0. The summed E-state index contributed by atoms with van der Waals surface area (Å²) in [6.07, 6.45) is 2.24. The van der Waals surface area contributed by atoms with Crippen LogP contribution in [0.1, 0.15) is 89.0 Å². The van der Waals surface area contributed by atoms with E-state index in [0.29, 0.717) is 0 Å². The molecular weight excluding hydrogens is 553 g/mol. The molecule has 0 aliphatic heterocycles. The summed E-state index contributed by atoms with van der Waals surface area (Å²) in [4.78, 5) is 0. The van der Waals surface area contributed by atoms with Gasteiger partial charge in [0.2, 0.25) is 0 Å². The van der Waals surface area contributed by atoms with Crippen LogP contribution in [0.3, 0.4) is 0 Å². The largest absolute Gasteiger partial charge is 0.0636 e. The molecule has 228 valence electrons. The third-order valence-corrected chi connectivity index (χ3v) is 11.0. The van der Waals surface area contributed by atoms with Crippen LogP contribution in [0.4, 0.5) is 0 Å². The first kappa shape index (κ1) is 29.0. The molecule has 2 aliphatic carbocycles. The minimum absolute atomic E-state index is 0.525. The minimum atomic E-state index is -0.525. The molecule has 0 aromatic heterocycles. The summed E-state index contributed by atoms with van der Waals surface area (Å²) in [6.45, 7) is 18.2. The fraction of sp³-hybridized carbons (Fsp3) is 0.261. The first-order chi connectivity index (χ1) is 22.0. The van der Waals surface area contributed by atoms with E-state index in [-0.39, 0.29) is 0 Å². The number of benzene rings is 6.